The minimum absolute atomic E-state index is 0.114. The Labute approximate surface area is 124 Å². The molecule has 0 spiro atoms. The van der Waals surface area contributed by atoms with Gasteiger partial charge >= 0.3 is 5.97 Å². The number of carboxylic acid groups (broad SMARTS) is 1. The third-order valence-electron chi connectivity index (χ3n) is 3.41. The number of rotatable bonds is 6. The molecule has 0 aliphatic heterocycles. The molecule has 20 heavy (non-hydrogen) atoms. The molecule has 0 aliphatic rings. The minimum Gasteiger partial charge on any atom is -0.480 e. The van der Waals surface area contributed by atoms with E-state index >= 15 is 0 Å². The van der Waals surface area contributed by atoms with E-state index in [4.69, 9.17) is 0 Å². The van der Waals surface area contributed by atoms with Gasteiger partial charge in [0.25, 0.3) is 5.69 Å². The maximum absolute atomic E-state index is 11.4. The lowest BCUT2D eigenvalue weighted by atomic mass is 9.93. The average Bonchev–Trinajstić information content (AvgIpc) is 2.40. The van der Waals surface area contributed by atoms with E-state index in [1.807, 2.05) is 0 Å². The van der Waals surface area contributed by atoms with Gasteiger partial charge in [0.1, 0.15) is 17.6 Å². The molecule has 1 heterocycles. The number of pyridine rings is 1. The molecule has 2 N–H and O–H groups in total. The van der Waals surface area contributed by atoms with Gasteiger partial charge < -0.3 is 10.4 Å². The molecule has 110 valence electrons. The fourth-order valence-electron chi connectivity index (χ4n) is 1.85. The van der Waals surface area contributed by atoms with E-state index in [2.05, 4.69) is 26.2 Å². The second-order valence-electron chi connectivity index (χ2n) is 4.41. The molecule has 0 fully saturated rings. The van der Waals surface area contributed by atoms with Gasteiger partial charge in [-0.3, -0.25) is 10.1 Å². The predicted octanol–water partition coefficient (Wildman–Crippen LogP) is 3.12. The van der Waals surface area contributed by atoms with Crippen molar-refractivity contribution in [3.63, 3.8) is 0 Å². The van der Waals surface area contributed by atoms with E-state index in [1.54, 1.807) is 20.8 Å². The Morgan fingerprint density at radius 2 is 2.10 bits per heavy atom. The summed E-state index contributed by atoms with van der Waals surface area (Å²) >= 11 is 3.24. The van der Waals surface area contributed by atoms with Crippen LogP contribution < -0.4 is 5.32 Å². The number of halogens is 1. The van der Waals surface area contributed by atoms with Crippen LogP contribution in [-0.4, -0.2) is 26.5 Å². The zero-order chi connectivity index (χ0) is 15.5. The monoisotopic (exact) mass is 345 g/mol. The molecule has 1 aromatic rings. The van der Waals surface area contributed by atoms with Crippen LogP contribution in [0.4, 0.5) is 11.5 Å². The van der Waals surface area contributed by atoms with E-state index in [-0.39, 0.29) is 5.69 Å². The maximum atomic E-state index is 11.4. The Hall–Kier alpha value is -1.70. The minimum atomic E-state index is -1.14. The van der Waals surface area contributed by atoms with E-state index in [0.717, 1.165) is 6.20 Å². The van der Waals surface area contributed by atoms with Gasteiger partial charge in [-0.2, -0.15) is 0 Å². The number of carbonyl (C=O) groups is 1. The molecule has 8 heteroatoms. The number of hydrogen-bond acceptors (Lipinski definition) is 5. The van der Waals surface area contributed by atoms with Gasteiger partial charge in [0.05, 0.1) is 9.40 Å². The number of nitrogens with one attached hydrogen (secondary N) is 1. The van der Waals surface area contributed by atoms with Crippen molar-refractivity contribution in [2.45, 2.75) is 39.2 Å². The normalized spacial score (nSPS) is 11.2. The number of aliphatic carboxylic acids is 1. The number of anilines is 1. The summed E-state index contributed by atoms with van der Waals surface area (Å²) in [5.41, 5.74) is -0.853. The van der Waals surface area contributed by atoms with Gasteiger partial charge in [0.2, 0.25) is 0 Å². The van der Waals surface area contributed by atoms with Gasteiger partial charge in [-0.15, -0.1) is 0 Å². The second kappa shape index (κ2) is 6.17. The maximum Gasteiger partial charge on any atom is 0.329 e. The van der Waals surface area contributed by atoms with E-state index in [0.29, 0.717) is 28.7 Å². The first kappa shape index (κ1) is 16.4. The highest BCUT2D eigenvalue weighted by Gasteiger charge is 2.36. The van der Waals surface area contributed by atoms with Crippen molar-refractivity contribution >= 4 is 33.4 Å². The third kappa shape index (κ3) is 2.90. The lowest BCUT2D eigenvalue weighted by Crippen LogP contribution is -2.45. The van der Waals surface area contributed by atoms with Crippen molar-refractivity contribution in [3.05, 3.63) is 26.3 Å². The molecule has 1 aromatic heterocycles. The highest BCUT2D eigenvalue weighted by molar-refractivity contribution is 9.10. The van der Waals surface area contributed by atoms with Gasteiger partial charge in [-0.25, -0.2) is 9.78 Å². The number of carboxylic acids is 1. The molecule has 7 nitrogen and oxygen atoms in total. The fourth-order valence-corrected chi connectivity index (χ4v) is 2.25. The number of nitro groups is 1. The topological polar surface area (TPSA) is 105 Å². The number of nitrogens with zero attached hydrogens (tertiary/aromatic N) is 2. The van der Waals surface area contributed by atoms with E-state index < -0.39 is 16.4 Å². The van der Waals surface area contributed by atoms with Crippen LogP contribution in [-0.2, 0) is 4.79 Å². The first-order valence-corrected chi connectivity index (χ1v) is 6.89. The molecule has 0 aliphatic carbocycles. The zero-order valence-electron chi connectivity index (χ0n) is 11.4. The van der Waals surface area contributed by atoms with Crippen molar-refractivity contribution in [1.82, 2.24) is 4.98 Å². The molecular formula is C12H16BrN3O4. The molecule has 1 rings (SSSR count). The molecule has 0 unspecified atom stereocenters. The fraction of sp³-hybridized carbons (Fsp3) is 0.500. The van der Waals surface area contributed by atoms with Crippen LogP contribution in [0.15, 0.2) is 10.7 Å². The molecule has 0 radical (unpaired) electrons. The summed E-state index contributed by atoms with van der Waals surface area (Å²) in [7, 11) is 0. The highest BCUT2D eigenvalue weighted by atomic mass is 79.9. The summed E-state index contributed by atoms with van der Waals surface area (Å²) in [5.74, 6) is -0.689. The smallest absolute Gasteiger partial charge is 0.329 e. The Morgan fingerprint density at radius 1 is 1.55 bits per heavy atom. The first-order valence-electron chi connectivity index (χ1n) is 6.10. The molecular weight excluding hydrogens is 330 g/mol. The van der Waals surface area contributed by atoms with Crippen LogP contribution in [0, 0.1) is 17.0 Å². The van der Waals surface area contributed by atoms with Gasteiger partial charge in [0, 0.05) is 5.56 Å². The molecule has 0 saturated carbocycles. The molecule has 0 aromatic carbocycles. The van der Waals surface area contributed by atoms with Crippen molar-refractivity contribution in [3.8, 4) is 0 Å². The quantitative estimate of drug-likeness (QED) is 0.606. The van der Waals surface area contributed by atoms with Crippen molar-refractivity contribution in [1.29, 1.82) is 0 Å². The zero-order valence-corrected chi connectivity index (χ0v) is 13.0. The van der Waals surface area contributed by atoms with Crippen molar-refractivity contribution in [2.75, 3.05) is 5.32 Å². The van der Waals surface area contributed by atoms with E-state index in [1.165, 1.54) is 0 Å². The first-order chi connectivity index (χ1) is 9.29. The SMILES string of the molecule is CCC(CC)(Nc1ncc([N+](=O)[O-])c(C)c1Br)C(=O)O. The lowest BCUT2D eigenvalue weighted by Gasteiger charge is -2.29. The Balaban J connectivity index is 3.25. The van der Waals surface area contributed by atoms with Crippen LogP contribution in [0.1, 0.15) is 32.3 Å². The standard InChI is InChI=1S/C12H16BrN3O4/c1-4-12(5-2,11(17)18)15-10-9(13)7(3)8(6-14-10)16(19)20/h6H,4-5H2,1-3H3,(H,14,15)(H,17,18). The number of hydrogen-bond donors (Lipinski definition) is 2. The molecule has 0 atom stereocenters. The number of aromatic nitrogens is 1. The van der Waals surface area contributed by atoms with Crippen molar-refractivity contribution in [2.24, 2.45) is 0 Å². The van der Waals surface area contributed by atoms with Crippen LogP contribution >= 0.6 is 15.9 Å². The third-order valence-corrected chi connectivity index (χ3v) is 4.38. The van der Waals surface area contributed by atoms with Crippen LogP contribution in [0.3, 0.4) is 0 Å². The van der Waals surface area contributed by atoms with Crippen LogP contribution in [0.2, 0.25) is 0 Å². The molecule has 0 saturated heterocycles. The molecule has 0 amide bonds. The Kier molecular flexibility index (Phi) is 5.04. The summed E-state index contributed by atoms with van der Waals surface area (Å²) in [4.78, 5) is 25.7. The average molecular weight is 346 g/mol. The van der Waals surface area contributed by atoms with E-state index in [9.17, 15) is 20.0 Å². The summed E-state index contributed by atoms with van der Waals surface area (Å²) in [6.07, 6.45) is 1.85. The largest absolute Gasteiger partial charge is 0.480 e. The summed E-state index contributed by atoms with van der Waals surface area (Å²) in [5, 5.41) is 23.1. The molecule has 0 bridgehead atoms. The Morgan fingerprint density at radius 3 is 2.50 bits per heavy atom. The predicted molar refractivity (Wildman–Crippen MR) is 77.9 cm³/mol. The van der Waals surface area contributed by atoms with Gasteiger partial charge in [-0.1, -0.05) is 13.8 Å². The van der Waals surface area contributed by atoms with Crippen LogP contribution in [0.25, 0.3) is 0 Å². The lowest BCUT2D eigenvalue weighted by molar-refractivity contribution is -0.385. The van der Waals surface area contributed by atoms with Crippen molar-refractivity contribution < 1.29 is 14.8 Å². The van der Waals surface area contributed by atoms with Crippen LogP contribution in [0.5, 0.6) is 0 Å². The summed E-state index contributed by atoms with van der Waals surface area (Å²) in [6, 6.07) is 0. The van der Waals surface area contributed by atoms with Gasteiger partial charge in [0.15, 0.2) is 0 Å². The highest BCUT2D eigenvalue weighted by Crippen LogP contribution is 2.33. The summed E-state index contributed by atoms with van der Waals surface area (Å²) < 4.78 is 0.402. The van der Waals surface area contributed by atoms with Gasteiger partial charge in [-0.05, 0) is 35.7 Å². The second-order valence-corrected chi connectivity index (χ2v) is 5.20. The Bertz CT molecular complexity index is 544. The summed E-state index contributed by atoms with van der Waals surface area (Å²) in [6.45, 7) is 5.10.